The van der Waals surface area contributed by atoms with E-state index in [2.05, 4.69) is 15.2 Å². The van der Waals surface area contributed by atoms with Gasteiger partial charge in [0.05, 0.1) is 24.9 Å². The van der Waals surface area contributed by atoms with Crippen LogP contribution in [0.15, 0.2) is 30.5 Å². The first-order valence-electron chi connectivity index (χ1n) is 11.5. The van der Waals surface area contributed by atoms with Crippen molar-refractivity contribution in [3.05, 3.63) is 41.7 Å². The van der Waals surface area contributed by atoms with Crippen molar-refractivity contribution in [3.8, 4) is 0 Å². The van der Waals surface area contributed by atoms with Crippen molar-refractivity contribution in [3.63, 3.8) is 0 Å². The molecule has 5 rings (SSSR count). The molecule has 3 aliphatic rings. The van der Waals surface area contributed by atoms with E-state index in [1.807, 2.05) is 44.9 Å². The number of methoxy groups -OCH3 is 1. The average molecular weight is 439 g/mol. The molecule has 3 saturated heterocycles. The van der Waals surface area contributed by atoms with E-state index >= 15 is 0 Å². The first kappa shape index (κ1) is 20.9. The lowest BCUT2D eigenvalue weighted by molar-refractivity contribution is -0.128. The fraction of sp³-hybridized carbons (Fsp3) is 0.565. The van der Waals surface area contributed by atoms with E-state index in [1.165, 1.54) is 0 Å². The predicted octanol–water partition coefficient (Wildman–Crippen LogP) is 1.71. The van der Waals surface area contributed by atoms with Crippen molar-refractivity contribution in [2.75, 3.05) is 44.7 Å². The minimum absolute atomic E-state index is 0.0499. The highest BCUT2D eigenvalue weighted by Crippen LogP contribution is 2.25. The summed E-state index contributed by atoms with van der Waals surface area (Å²) in [4.78, 5) is 30.7. The van der Waals surface area contributed by atoms with E-state index in [0.29, 0.717) is 37.7 Å². The van der Waals surface area contributed by atoms with Crippen molar-refractivity contribution in [1.82, 2.24) is 24.8 Å². The number of rotatable bonds is 6. The van der Waals surface area contributed by atoms with Gasteiger partial charge in [-0.3, -0.25) is 9.59 Å². The highest BCUT2D eigenvalue weighted by atomic mass is 16.5. The minimum Gasteiger partial charge on any atom is -0.381 e. The molecule has 9 nitrogen and oxygen atoms in total. The Labute approximate surface area is 187 Å². The van der Waals surface area contributed by atoms with Gasteiger partial charge in [0.25, 0.3) is 5.91 Å². The molecule has 3 fully saturated rings. The molecule has 0 spiro atoms. The Hall–Kier alpha value is -2.94. The lowest BCUT2D eigenvalue weighted by Crippen LogP contribution is -2.50. The van der Waals surface area contributed by atoms with Crippen LogP contribution in [0, 0.1) is 0 Å². The Kier molecular flexibility index (Phi) is 5.82. The van der Waals surface area contributed by atoms with Crippen LogP contribution in [0.5, 0.6) is 0 Å². The van der Waals surface area contributed by atoms with Gasteiger partial charge in [-0.1, -0.05) is 5.21 Å². The Balaban J connectivity index is 1.13. The highest BCUT2D eigenvalue weighted by molar-refractivity contribution is 5.95. The Morgan fingerprint density at radius 2 is 1.88 bits per heavy atom. The number of likely N-dealkylation sites (tertiary alicyclic amines) is 2. The molecule has 2 aromatic rings. The van der Waals surface area contributed by atoms with Gasteiger partial charge >= 0.3 is 0 Å². The van der Waals surface area contributed by atoms with E-state index in [1.54, 1.807) is 7.11 Å². The molecule has 0 atom stereocenters. The van der Waals surface area contributed by atoms with Gasteiger partial charge in [0.2, 0.25) is 5.91 Å². The maximum atomic E-state index is 12.9. The highest BCUT2D eigenvalue weighted by Gasteiger charge is 2.33. The number of amides is 2. The Morgan fingerprint density at radius 3 is 2.53 bits per heavy atom. The summed E-state index contributed by atoms with van der Waals surface area (Å²) in [6, 6.07) is 8.07. The van der Waals surface area contributed by atoms with E-state index in [0.717, 1.165) is 50.3 Å². The summed E-state index contributed by atoms with van der Waals surface area (Å²) in [5.41, 5.74) is 2.67. The van der Waals surface area contributed by atoms with Crippen molar-refractivity contribution in [1.29, 1.82) is 0 Å². The summed E-state index contributed by atoms with van der Waals surface area (Å²) in [6.45, 7) is 4.51. The number of anilines is 1. The second-order valence-electron chi connectivity index (χ2n) is 8.94. The predicted molar refractivity (Wildman–Crippen MR) is 118 cm³/mol. The van der Waals surface area contributed by atoms with E-state index in [9.17, 15) is 9.59 Å². The molecule has 0 radical (unpaired) electrons. The number of hydrogen-bond acceptors (Lipinski definition) is 6. The number of nitrogens with zero attached hydrogens (tertiary/aromatic N) is 6. The van der Waals surface area contributed by atoms with E-state index in [-0.39, 0.29) is 17.9 Å². The zero-order valence-corrected chi connectivity index (χ0v) is 18.5. The van der Waals surface area contributed by atoms with E-state index < -0.39 is 0 Å². The molecule has 0 bridgehead atoms. The fourth-order valence-corrected chi connectivity index (χ4v) is 4.77. The third kappa shape index (κ3) is 4.21. The van der Waals surface area contributed by atoms with E-state index in [4.69, 9.17) is 4.74 Å². The van der Waals surface area contributed by atoms with Gasteiger partial charge in [-0.2, -0.15) is 0 Å². The topological polar surface area (TPSA) is 83.8 Å². The molecule has 2 amide bonds. The summed E-state index contributed by atoms with van der Waals surface area (Å²) < 4.78 is 7.27. The normalized spacial score (nSPS) is 20.2. The largest absolute Gasteiger partial charge is 0.381 e. The Bertz CT molecular complexity index is 960. The second-order valence-corrected chi connectivity index (χ2v) is 8.94. The number of hydrogen-bond donors (Lipinski definition) is 0. The molecule has 32 heavy (non-hydrogen) atoms. The second kappa shape index (κ2) is 8.90. The molecule has 9 heteroatoms. The monoisotopic (exact) mass is 438 g/mol. The number of piperidine rings is 1. The van der Waals surface area contributed by atoms with Gasteiger partial charge in [-0.25, -0.2) is 4.68 Å². The van der Waals surface area contributed by atoms with Crippen LogP contribution in [0.4, 0.5) is 5.69 Å². The summed E-state index contributed by atoms with van der Waals surface area (Å²) in [5.74, 6) is 0.235. The molecular formula is C23H30N6O3. The fourth-order valence-electron chi connectivity index (χ4n) is 4.77. The van der Waals surface area contributed by atoms with Gasteiger partial charge in [0.15, 0.2) is 0 Å². The molecule has 3 aliphatic heterocycles. The maximum Gasteiger partial charge on any atom is 0.254 e. The summed E-state index contributed by atoms with van der Waals surface area (Å²) >= 11 is 0. The van der Waals surface area contributed by atoms with Crippen molar-refractivity contribution < 1.29 is 14.3 Å². The van der Waals surface area contributed by atoms with Gasteiger partial charge in [-0.05, 0) is 43.5 Å². The molecule has 0 saturated carbocycles. The van der Waals surface area contributed by atoms with Gasteiger partial charge < -0.3 is 19.4 Å². The zero-order valence-electron chi connectivity index (χ0n) is 18.5. The number of aromatic nitrogens is 3. The molecule has 0 unspecified atom stereocenters. The molecule has 4 heterocycles. The number of ether oxygens (including phenoxy) is 1. The Morgan fingerprint density at radius 1 is 1.12 bits per heavy atom. The molecule has 170 valence electrons. The smallest absolute Gasteiger partial charge is 0.254 e. The molecule has 0 N–H and O–H groups in total. The van der Waals surface area contributed by atoms with Crippen LogP contribution in [-0.4, -0.2) is 82.5 Å². The van der Waals surface area contributed by atoms with Crippen LogP contribution in [0.2, 0.25) is 0 Å². The molecule has 0 aliphatic carbocycles. The first-order chi connectivity index (χ1) is 15.6. The molecule has 1 aromatic carbocycles. The lowest BCUT2D eigenvalue weighted by atomic mass is 10.0. The maximum absolute atomic E-state index is 12.9. The number of carbonyl (C=O) groups excluding carboxylic acids is 2. The SMILES string of the molecule is COC1CCN(c2ccc(C(=O)N3CC(n4cc(CN5CCCC5=O)nn4)C3)cc2)CC1. The standard InChI is InChI=1S/C23H30N6O3/c1-32-21-8-11-26(12-9-21)19-6-4-17(5-7-19)23(31)28-15-20(16-28)29-14-18(24-25-29)13-27-10-2-3-22(27)30/h4-7,14,20-21H,2-3,8-13,15-16H2,1H3. The third-order valence-electron chi connectivity index (χ3n) is 6.86. The first-order valence-corrected chi connectivity index (χ1v) is 11.5. The lowest BCUT2D eigenvalue weighted by Gasteiger charge is -2.39. The quantitative estimate of drug-likeness (QED) is 0.683. The van der Waals surface area contributed by atoms with Crippen molar-refractivity contribution >= 4 is 17.5 Å². The van der Waals surface area contributed by atoms with Crippen LogP contribution in [0.3, 0.4) is 0 Å². The van der Waals surface area contributed by atoms with Crippen LogP contribution in [0.25, 0.3) is 0 Å². The molecule has 1 aromatic heterocycles. The van der Waals surface area contributed by atoms with Gasteiger partial charge in [-0.15, -0.1) is 5.10 Å². The minimum atomic E-state index is 0.0499. The van der Waals surface area contributed by atoms with Gasteiger partial charge in [0.1, 0.15) is 5.69 Å². The van der Waals surface area contributed by atoms with Crippen molar-refractivity contribution in [2.45, 2.75) is 44.4 Å². The van der Waals surface area contributed by atoms with Crippen LogP contribution >= 0.6 is 0 Å². The van der Waals surface area contributed by atoms with Crippen molar-refractivity contribution in [2.24, 2.45) is 0 Å². The summed E-state index contributed by atoms with van der Waals surface area (Å²) in [7, 11) is 1.78. The van der Waals surface area contributed by atoms with Gasteiger partial charge in [0, 0.05) is 57.5 Å². The summed E-state index contributed by atoms with van der Waals surface area (Å²) in [5, 5.41) is 8.44. The number of carbonyl (C=O) groups is 2. The molecular weight excluding hydrogens is 408 g/mol. The number of benzene rings is 1. The van der Waals surface area contributed by atoms with Crippen LogP contribution in [-0.2, 0) is 16.1 Å². The van der Waals surface area contributed by atoms with Crippen LogP contribution in [0.1, 0.15) is 47.8 Å². The zero-order chi connectivity index (χ0) is 22.1. The average Bonchev–Trinajstić information content (AvgIpc) is 3.42. The third-order valence-corrected chi connectivity index (χ3v) is 6.86. The summed E-state index contributed by atoms with van der Waals surface area (Å²) in [6.07, 6.45) is 5.87. The van der Waals surface area contributed by atoms with Crippen LogP contribution < -0.4 is 4.90 Å².